The molecule has 1 aromatic heterocycles. The number of hydrogen-bond donors (Lipinski definition) is 3. The molecule has 0 saturated heterocycles. The lowest BCUT2D eigenvalue weighted by Gasteiger charge is -2.14. The van der Waals surface area contributed by atoms with Crippen LogP contribution in [0.3, 0.4) is 0 Å². The second kappa shape index (κ2) is 6.07. The number of rotatable bonds is 5. The number of nitrogens with one attached hydrogen (secondary N) is 1. The van der Waals surface area contributed by atoms with Crippen LogP contribution in [-0.2, 0) is 4.79 Å². The number of aryl methyl sites for hydroxylation is 1. The molecule has 8 heteroatoms. The van der Waals surface area contributed by atoms with Crippen molar-refractivity contribution in [1.82, 2.24) is 0 Å². The van der Waals surface area contributed by atoms with Gasteiger partial charge in [0.1, 0.15) is 22.9 Å². The highest BCUT2D eigenvalue weighted by Gasteiger charge is 2.27. The molecule has 0 bridgehead atoms. The molecule has 1 unspecified atom stereocenters. The van der Waals surface area contributed by atoms with E-state index in [-0.39, 0.29) is 27.8 Å². The van der Waals surface area contributed by atoms with Crippen LogP contribution in [0.1, 0.15) is 27.9 Å². The Bertz CT molecular complexity index is 743. The van der Waals surface area contributed by atoms with Gasteiger partial charge in [-0.25, -0.2) is 14.0 Å². The molecule has 0 aliphatic rings. The fourth-order valence-corrected chi connectivity index (χ4v) is 2.04. The number of aliphatic carboxylic acids is 1. The summed E-state index contributed by atoms with van der Waals surface area (Å²) in [5.74, 6) is -3.40. The maximum atomic E-state index is 13.7. The third-order valence-electron chi connectivity index (χ3n) is 2.93. The van der Waals surface area contributed by atoms with E-state index in [1.54, 1.807) is 0 Å². The molecule has 0 aliphatic carbocycles. The minimum atomic E-state index is -1.44. The van der Waals surface area contributed by atoms with Crippen molar-refractivity contribution in [2.75, 3.05) is 5.32 Å². The molecule has 0 saturated carbocycles. The van der Waals surface area contributed by atoms with Crippen molar-refractivity contribution in [3.63, 3.8) is 0 Å². The van der Waals surface area contributed by atoms with Crippen molar-refractivity contribution in [2.45, 2.75) is 13.0 Å². The van der Waals surface area contributed by atoms with Gasteiger partial charge < -0.3 is 19.9 Å². The molecule has 0 amide bonds. The number of hydrogen-bond acceptors (Lipinski definition) is 4. The summed E-state index contributed by atoms with van der Waals surface area (Å²) < 4.78 is 18.9. The topological polar surface area (TPSA) is 99.8 Å². The Hall–Kier alpha value is -2.54. The average Bonchev–Trinajstić information content (AvgIpc) is 2.79. The summed E-state index contributed by atoms with van der Waals surface area (Å²) in [4.78, 5) is 22.3. The maximum Gasteiger partial charge on any atom is 0.339 e. The van der Waals surface area contributed by atoms with Crippen LogP contribution in [0.2, 0.25) is 5.02 Å². The average molecular weight is 328 g/mol. The maximum absolute atomic E-state index is 13.7. The zero-order valence-electron chi connectivity index (χ0n) is 11.3. The van der Waals surface area contributed by atoms with Gasteiger partial charge in [-0.1, -0.05) is 11.6 Å². The van der Waals surface area contributed by atoms with Gasteiger partial charge in [0.05, 0.1) is 5.69 Å². The van der Waals surface area contributed by atoms with Crippen LogP contribution < -0.4 is 5.32 Å². The van der Waals surface area contributed by atoms with Gasteiger partial charge in [-0.05, 0) is 31.2 Å². The van der Waals surface area contributed by atoms with Crippen LogP contribution in [0.15, 0.2) is 28.7 Å². The quantitative estimate of drug-likeness (QED) is 0.779. The third kappa shape index (κ3) is 3.20. The zero-order valence-corrected chi connectivity index (χ0v) is 12.0. The summed E-state index contributed by atoms with van der Waals surface area (Å²) in [5.41, 5.74) is -0.248. The SMILES string of the molecule is Cc1oc(C(Nc2ccc(Cl)cc2F)C(=O)O)cc1C(=O)O. The highest BCUT2D eigenvalue weighted by atomic mass is 35.5. The molecule has 0 fully saturated rings. The Morgan fingerprint density at radius 2 is 2.00 bits per heavy atom. The van der Waals surface area contributed by atoms with Gasteiger partial charge in [0.2, 0.25) is 0 Å². The molecule has 1 atom stereocenters. The second-order valence-corrected chi connectivity index (χ2v) is 4.90. The van der Waals surface area contributed by atoms with Gasteiger partial charge in [0.25, 0.3) is 0 Å². The molecular weight excluding hydrogens is 317 g/mol. The molecule has 1 heterocycles. The largest absolute Gasteiger partial charge is 0.479 e. The molecule has 6 nitrogen and oxygen atoms in total. The van der Waals surface area contributed by atoms with E-state index >= 15 is 0 Å². The summed E-state index contributed by atoms with van der Waals surface area (Å²) >= 11 is 5.62. The number of carboxylic acids is 2. The minimum absolute atomic E-state index is 0.0622. The van der Waals surface area contributed by atoms with E-state index in [2.05, 4.69) is 5.32 Å². The first-order valence-corrected chi connectivity index (χ1v) is 6.45. The number of carbonyl (C=O) groups is 2. The molecule has 116 valence electrons. The van der Waals surface area contributed by atoms with E-state index in [9.17, 15) is 19.1 Å². The van der Waals surface area contributed by atoms with Gasteiger partial charge in [0, 0.05) is 5.02 Å². The smallest absolute Gasteiger partial charge is 0.339 e. The van der Waals surface area contributed by atoms with E-state index in [1.165, 1.54) is 19.1 Å². The summed E-state index contributed by atoms with van der Waals surface area (Å²) in [6.07, 6.45) is 0. The van der Waals surface area contributed by atoms with Crippen LogP contribution in [-0.4, -0.2) is 22.2 Å². The van der Waals surface area contributed by atoms with Crippen molar-refractivity contribution < 1.29 is 28.6 Å². The Balaban J connectivity index is 2.37. The lowest BCUT2D eigenvalue weighted by atomic mass is 10.1. The Morgan fingerprint density at radius 1 is 1.32 bits per heavy atom. The second-order valence-electron chi connectivity index (χ2n) is 4.46. The van der Waals surface area contributed by atoms with Gasteiger partial charge in [-0.15, -0.1) is 0 Å². The molecule has 2 aromatic rings. The first-order chi connectivity index (χ1) is 10.3. The van der Waals surface area contributed by atoms with Crippen molar-refractivity contribution in [2.24, 2.45) is 0 Å². The Morgan fingerprint density at radius 3 is 2.50 bits per heavy atom. The van der Waals surface area contributed by atoms with Gasteiger partial charge >= 0.3 is 11.9 Å². The predicted octanol–water partition coefficient (Wildman–Crippen LogP) is 3.32. The zero-order chi connectivity index (χ0) is 16.4. The van der Waals surface area contributed by atoms with Crippen LogP contribution in [0.5, 0.6) is 0 Å². The molecule has 0 radical (unpaired) electrons. The first-order valence-electron chi connectivity index (χ1n) is 6.07. The van der Waals surface area contributed by atoms with Crippen molar-refractivity contribution >= 4 is 29.2 Å². The number of anilines is 1. The number of halogens is 2. The Kier molecular flexibility index (Phi) is 4.37. The monoisotopic (exact) mass is 327 g/mol. The fourth-order valence-electron chi connectivity index (χ4n) is 1.88. The minimum Gasteiger partial charge on any atom is -0.479 e. The summed E-state index contributed by atoms with van der Waals surface area (Å²) in [7, 11) is 0. The van der Waals surface area contributed by atoms with E-state index in [0.29, 0.717) is 0 Å². The molecule has 22 heavy (non-hydrogen) atoms. The lowest BCUT2D eigenvalue weighted by molar-refractivity contribution is -0.138. The number of aromatic carboxylic acids is 1. The number of furan rings is 1. The molecule has 0 aliphatic heterocycles. The van der Waals surface area contributed by atoms with E-state index in [4.69, 9.17) is 21.1 Å². The van der Waals surface area contributed by atoms with Crippen LogP contribution in [0, 0.1) is 12.7 Å². The van der Waals surface area contributed by atoms with Crippen molar-refractivity contribution in [1.29, 1.82) is 0 Å². The molecule has 2 rings (SSSR count). The van der Waals surface area contributed by atoms with E-state index in [1.807, 2.05) is 0 Å². The summed E-state index contributed by atoms with van der Waals surface area (Å²) in [6, 6.07) is 3.35. The highest BCUT2D eigenvalue weighted by Crippen LogP contribution is 2.27. The third-order valence-corrected chi connectivity index (χ3v) is 3.16. The fraction of sp³-hybridized carbons (Fsp3) is 0.143. The first kappa shape index (κ1) is 15.8. The highest BCUT2D eigenvalue weighted by molar-refractivity contribution is 6.30. The van der Waals surface area contributed by atoms with Crippen molar-refractivity contribution in [3.05, 3.63) is 52.2 Å². The molecular formula is C14H11ClFNO5. The van der Waals surface area contributed by atoms with Crippen LogP contribution in [0.4, 0.5) is 10.1 Å². The molecule has 3 N–H and O–H groups in total. The van der Waals surface area contributed by atoms with E-state index < -0.39 is 23.8 Å². The molecule has 0 spiro atoms. The van der Waals surface area contributed by atoms with Crippen molar-refractivity contribution in [3.8, 4) is 0 Å². The number of benzene rings is 1. The summed E-state index contributed by atoms with van der Waals surface area (Å²) in [5, 5.41) is 20.8. The molecule has 1 aromatic carbocycles. The Labute approximate surface area is 129 Å². The van der Waals surface area contributed by atoms with Gasteiger partial charge in [-0.2, -0.15) is 0 Å². The van der Waals surface area contributed by atoms with Gasteiger partial charge in [-0.3, -0.25) is 0 Å². The summed E-state index contributed by atoms with van der Waals surface area (Å²) in [6.45, 7) is 1.40. The van der Waals surface area contributed by atoms with Crippen LogP contribution >= 0.6 is 11.6 Å². The standard InChI is InChI=1S/C14H11ClFNO5/c1-6-8(13(18)19)5-11(22-6)12(14(20)21)17-10-3-2-7(15)4-9(10)16/h2-5,12,17H,1H3,(H,18,19)(H,20,21). The predicted molar refractivity (Wildman–Crippen MR) is 75.8 cm³/mol. The van der Waals surface area contributed by atoms with Crippen LogP contribution in [0.25, 0.3) is 0 Å². The normalized spacial score (nSPS) is 12.0. The van der Waals surface area contributed by atoms with Gasteiger partial charge in [0.15, 0.2) is 6.04 Å². The number of carboxylic acid groups (broad SMARTS) is 2. The van der Waals surface area contributed by atoms with E-state index in [0.717, 1.165) is 12.1 Å². The lowest BCUT2D eigenvalue weighted by Crippen LogP contribution is -2.20.